The van der Waals surface area contributed by atoms with Crippen LogP contribution in [-0.4, -0.2) is 24.4 Å². The van der Waals surface area contributed by atoms with Gasteiger partial charge in [0.15, 0.2) is 0 Å². The van der Waals surface area contributed by atoms with E-state index in [0.29, 0.717) is 17.9 Å². The summed E-state index contributed by atoms with van der Waals surface area (Å²) in [6.45, 7) is 6.39. The second kappa shape index (κ2) is 8.38. The summed E-state index contributed by atoms with van der Waals surface area (Å²) in [7, 11) is 0. The topological polar surface area (TPSA) is 63.7 Å². The third kappa shape index (κ3) is 3.84. The average Bonchev–Trinajstić information content (AvgIpc) is 2.94. The van der Waals surface area contributed by atoms with E-state index in [4.69, 9.17) is 4.74 Å². The highest BCUT2D eigenvalue weighted by Crippen LogP contribution is 2.30. The number of hydrogen-bond donors (Lipinski definition) is 0. The number of amides is 2. The fourth-order valence-corrected chi connectivity index (χ4v) is 3.24. The molecule has 0 bridgehead atoms. The number of esters is 1. The van der Waals surface area contributed by atoms with Crippen LogP contribution in [0, 0.1) is 13.8 Å². The minimum Gasteiger partial charge on any atom is -0.462 e. The molecule has 1 aliphatic rings. The average molecular weight is 379 g/mol. The molecule has 2 aromatic rings. The molecule has 0 spiro atoms. The zero-order valence-electron chi connectivity index (χ0n) is 16.6. The van der Waals surface area contributed by atoms with E-state index in [1.165, 1.54) is 12.1 Å². The molecule has 2 aromatic carbocycles. The van der Waals surface area contributed by atoms with E-state index >= 15 is 0 Å². The van der Waals surface area contributed by atoms with Crippen molar-refractivity contribution in [1.29, 1.82) is 0 Å². The van der Waals surface area contributed by atoms with Crippen LogP contribution >= 0.6 is 0 Å². The summed E-state index contributed by atoms with van der Waals surface area (Å²) in [5.41, 5.74) is 3.46. The van der Waals surface area contributed by atoms with Gasteiger partial charge in [0.2, 0.25) is 0 Å². The quantitative estimate of drug-likeness (QED) is 0.392. The number of benzene rings is 2. The SMILES string of the molecule is CCCCCCOC(=O)c1ccc2c(c1)C(=O)N(c1ccc(C)c(C)c1)C2=O. The smallest absolute Gasteiger partial charge is 0.338 e. The van der Waals surface area contributed by atoms with Crippen molar-refractivity contribution < 1.29 is 19.1 Å². The molecule has 1 aliphatic heterocycles. The number of fused-ring (bicyclic) bond motifs is 1. The van der Waals surface area contributed by atoms with Gasteiger partial charge in [0, 0.05) is 0 Å². The maximum Gasteiger partial charge on any atom is 0.338 e. The lowest BCUT2D eigenvalue weighted by Gasteiger charge is -2.15. The van der Waals surface area contributed by atoms with E-state index in [2.05, 4.69) is 6.92 Å². The van der Waals surface area contributed by atoms with Crippen molar-refractivity contribution >= 4 is 23.5 Å². The second-order valence-corrected chi connectivity index (χ2v) is 7.17. The molecule has 28 heavy (non-hydrogen) atoms. The molecular formula is C23H25NO4. The largest absolute Gasteiger partial charge is 0.462 e. The predicted octanol–water partition coefficient (Wildman–Crippen LogP) is 4.84. The first-order chi connectivity index (χ1) is 13.4. The number of anilines is 1. The van der Waals surface area contributed by atoms with Crippen molar-refractivity contribution in [2.24, 2.45) is 0 Å². The molecule has 2 amide bonds. The van der Waals surface area contributed by atoms with Crippen LogP contribution in [0.15, 0.2) is 36.4 Å². The van der Waals surface area contributed by atoms with Crippen molar-refractivity contribution in [2.75, 3.05) is 11.5 Å². The number of carbonyl (C=O) groups excluding carboxylic acids is 3. The van der Waals surface area contributed by atoms with Crippen molar-refractivity contribution in [2.45, 2.75) is 46.5 Å². The molecule has 0 N–H and O–H groups in total. The lowest BCUT2D eigenvalue weighted by Crippen LogP contribution is -2.29. The number of hydrogen-bond acceptors (Lipinski definition) is 4. The standard InChI is InChI=1S/C23H25NO4/c1-4-5-6-7-12-28-23(27)17-9-11-19-20(14-17)22(26)24(21(19)25)18-10-8-15(2)16(3)13-18/h8-11,13-14H,4-7,12H2,1-3H3. The Morgan fingerprint density at radius 1 is 0.893 bits per heavy atom. The Morgan fingerprint density at radius 2 is 1.64 bits per heavy atom. The minimum atomic E-state index is -0.468. The van der Waals surface area contributed by atoms with Gasteiger partial charge in [0.25, 0.3) is 11.8 Å². The fraction of sp³-hybridized carbons (Fsp3) is 0.348. The summed E-state index contributed by atoms with van der Waals surface area (Å²) in [6.07, 6.45) is 4.07. The fourth-order valence-electron chi connectivity index (χ4n) is 3.24. The predicted molar refractivity (Wildman–Crippen MR) is 108 cm³/mol. The van der Waals surface area contributed by atoms with Gasteiger partial charge in [0.1, 0.15) is 0 Å². The number of aryl methyl sites for hydroxylation is 2. The van der Waals surface area contributed by atoms with Crippen molar-refractivity contribution in [3.8, 4) is 0 Å². The first-order valence-corrected chi connectivity index (χ1v) is 9.71. The molecule has 0 aromatic heterocycles. The van der Waals surface area contributed by atoms with E-state index in [-0.39, 0.29) is 17.0 Å². The molecule has 0 atom stereocenters. The van der Waals surface area contributed by atoms with Gasteiger partial charge in [-0.2, -0.15) is 0 Å². The molecule has 0 saturated carbocycles. The third-order valence-electron chi connectivity index (χ3n) is 5.10. The lowest BCUT2D eigenvalue weighted by atomic mass is 10.1. The van der Waals surface area contributed by atoms with Crippen LogP contribution in [0.1, 0.15) is 74.8 Å². The van der Waals surface area contributed by atoms with Gasteiger partial charge in [-0.3, -0.25) is 9.59 Å². The minimum absolute atomic E-state index is 0.240. The van der Waals surface area contributed by atoms with Gasteiger partial charge in [-0.25, -0.2) is 9.69 Å². The maximum atomic E-state index is 12.9. The molecule has 0 aliphatic carbocycles. The van der Waals surface area contributed by atoms with Crippen molar-refractivity contribution in [1.82, 2.24) is 0 Å². The number of unbranched alkanes of at least 4 members (excludes halogenated alkanes) is 3. The Labute approximate surface area is 165 Å². The first-order valence-electron chi connectivity index (χ1n) is 9.71. The molecule has 5 nitrogen and oxygen atoms in total. The summed E-state index contributed by atoms with van der Waals surface area (Å²) < 4.78 is 5.29. The Morgan fingerprint density at radius 3 is 2.36 bits per heavy atom. The highest BCUT2D eigenvalue weighted by Gasteiger charge is 2.37. The van der Waals surface area contributed by atoms with Crippen LogP contribution in [0.25, 0.3) is 0 Å². The first kappa shape index (κ1) is 19.8. The summed E-state index contributed by atoms with van der Waals surface area (Å²) >= 11 is 0. The number of nitrogens with zero attached hydrogens (tertiary/aromatic N) is 1. The summed E-state index contributed by atoms with van der Waals surface area (Å²) in [6, 6.07) is 10.0. The van der Waals surface area contributed by atoms with E-state index in [1.54, 1.807) is 12.1 Å². The maximum absolute atomic E-state index is 12.9. The molecule has 146 valence electrons. The van der Waals surface area contributed by atoms with Crippen LogP contribution in [0.3, 0.4) is 0 Å². The molecule has 0 unspecified atom stereocenters. The Bertz CT molecular complexity index is 932. The van der Waals surface area contributed by atoms with Gasteiger partial charge in [0.05, 0.1) is 29.0 Å². The Balaban J connectivity index is 1.78. The summed E-state index contributed by atoms with van der Waals surface area (Å²) in [4.78, 5) is 39.0. The Hall–Kier alpha value is -2.95. The number of carbonyl (C=O) groups is 3. The molecular weight excluding hydrogens is 354 g/mol. The molecule has 0 radical (unpaired) electrons. The zero-order valence-corrected chi connectivity index (χ0v) is 16.6. The van der Waals surface area contributed by atoms with Gasteiger partial charge >= 0.3 is 5.97 Å². The monoisotopic (exact) mass is 379 g/mol. The van der Waals surface area contributed by atoms with E-state index < -0.39 is 11.9 Å². The van der Waals surface area contributed by atoms with Crippen molar-refractivity contribution in [3.63, 3.8) is 0 Å². The molecule has 5 heteroatoms. The Kier molecular flexibility index (Phi) is 5.93. The number of rotatable bonds is 7. The second-order valence-electron chi connectivity index (χ2n) is 7.17. The van der Waals surface area contributed by atoms with E-state index in [9.17, 15) is 14.4 Å². The number of ether oxygens (including phenoxy) is 1. The molecule has 0 fully saturated rings. The van der Waals surface area contributed by atoms with Gasteiger partial charge in [-0.1, -0.05) is 32.3 Å². The van der Waals surface area contributed by atoms with E-state index in [0.717, 1.165) is 41.7 Å². The zero-order chi connectivity index (χ0) is 20.3. The third-order valence-corrected chi connectivity index (χ3v) is 5.10. The number of imide groups is 1. The van der Waals surface area contributed by atoms with Gasteiger partial charge in [-0.15, -0.1) is 0 Å². The van der Waals surface area contributed by atoms with Crippen LogP contribution in [0.5, 0.6) is 0 Å². The molecule has 1 heterocycles. The highest BCUT2D eigenvalue weighted by molar-refractivity contribution is 6.34. The molecule has 0 saturated heterocycles. The van der Waals surface area contributed by atoms with Crippen LogP contribution in [0.2, 0.25) is 0 Å². The molecule has 3 rings (SSSR count). The normalized spacial score (nSPS) is 13.0. The van der Waals surface area contributed by atoms with Gasteiger partial charge in [-0.05, 0) is 61.7 Å². The summed E-state index contributed by atoms with van der Waals surface area (Å²) in [5, 5.41) is 0. The van der Waals surface area contributed by atoms with Crippen molar-refractivity contribution in [3.05, 3.63) is 64.2 Å². The highest BCUT2D eigenvalue weighted by atomic mass is 16.5. The summed E-state index contributed by atoms with van der Waals surface area (Å²) in [5.74, 6) is -1.26. The van der Waals surface area contributed by atoms with Gasteiger partial charge < -0.3 is 4.74 Å². The van der Waals surface area contributed by atoms with E-state index in [1.807, 2.05) is 26.0 Å². The van der Waals surface area contributed by atoms with Crippen LogP contribution in [-0.2, 0) is 4.74 Å². The lowest BCUT2D eigenvalue weighted by molar-refractivity contribution is 0.0497. The van der Waals surface area contributed by atoms with Crippen LogP contribution in [0.4, 0.5) is 5.69 Å². The van der Waals surface area contributed by atoms with Crippen LogP contribution < -0.4 is 4.90 Å².